The highest BCUT2D eigenvalue weighted by Gasteiger charge is 2.45. The Labute approximate surface area is 598 Å². The Morgan fingerprint density at radius 3 is 0.840 bits per heavy atom. The molecule has 0 aliphatic carbocycles. The number of unbranched alkanes of at least 4 members (excludes halogenated alkanes) is 1. The molecule has 0 bridgehead atoms. The molecule has 0 aromatic carbocycles. The van der Waals surface area contributed by atoms with Gasteiger partial charge >= 0.3 is 96.4 Å². The molecule has 7 atom stereocenters. The predicted octanol–water partition coefficient (Wildman–Crippen LogP) is 8.10. The van der Waals surface area contributed by atoms with E-state index in [2.05, 4.69) is 0 Å². The molecule has 6 amide bonds. The van der Waals surface area contributed by atoms with Crippen LogP contribution in [0.1, 0.15) is 129 Å². The minimum atomic E-state index is -5.80. The van der Waals surface area contributed by atoms with Crippen molar-refractivity contribution in [2.24, 2.45) is 27.7 Å². The van der Waals surface area contributed by atoms with Crippen molar-refractivity contribution in [1.82, 2.24) is 31.9 Å². The topological polar surface area (TPSA) is 422 Å². The van der Waals surface area contributed by atoms with Crippen LogP contribution in [0.2, 0.25) is 0 Å². The molecule has 7 unspecified atom stereocenters. The van der Waals surface area contributed by atoms with Gasteiger partial charge in [-0.3, -0.25) is 46.9 Å². The van der Waals surface area contributed by atoms with Crippen molar-refractivity contribution >= 4 is 59.3 Å². The number of amides is 6. The van der Waals surface area contributed by atoms with E-state index < -0.39 is 262 Å². The van der Waals surface area contributed by atoms with Crippen molar-refractivity contribution in [3.8, 4) is 0 Å². The van der Waals surface area contributed by atoms with E-state index in [0.717, 1.165) is 7.11 Å². The lowest BCUT2D eigenvalue weighted by atomic mass is 9.75. The van der Waals surface area contributed by atoms with E-state index in [1.165, 1.54) is 0 Å². The number of alkyl halides is 18. The van der Waals surface area contributed by atoms with Crippen LogP contribution in [-0.4, -0.2) is 224 Å². The molecule has 0 saturated heterocycles. The summed E-state index contributed by atoms with van der Waals surface area (Å²) in [5, 5.41) is 9.71. The fourth-order valence-electron chi connectivity index (χ4n) is 10.5. The van der Waals surface area contributed by atoms with E-state index in [1.54, 1.807) is 31.9 Å². The Balaban J connectivity index is 7.62. The van der Waals surface area contributed by atoms with E-state index in [9.17, 15) is 136 Å². The summed E-state index contributed by atoms with van der Waals surface area (Å²) in [6.45, 7) is -9.87. The standard InChI is InChI=1S/C56H93F18N8O21P3/c1-3-4-13-48(14-5-22-75,16-7-24-77-42(83)51(57,58)59)36-96-31-39(101-104(89)90)34-99-105(91,92)103-41(33-98-38-50(19-10-27-80-45(86)54(66,67)68,20-11-28-81-46(87)55(69,70)71)21-12-29-82-47(88)56(72,73)74)35-100-106(93,94)102-40(30-95-2)32-97-37-49(15-6-23-76,17-8-25-78-43(84)52(60,61)62)18-9-26-79-44(85)53(63,64)65/h39-41H,3-38,75-76H2,1-2H3,(H8-,77,78,79,80,81,82,83,84,85,86,87,88,89,90,91,92,93,94)/p+1. The largest absolute Gasteiger partial charge is 0.695 e. The van der Waals surface area contributed by atoms with Gasteiger partial charge in [-0.05, 0) is 138 Å². The molecule has 0 radical (unpaired) electrons. The third-order valence-electron chi connectivity index (χ3n) is 15.6. The van der Waals surface area contributed by atoms with Gasteiger partial charge in [-0.1, -0.05) is 19.8 Å². The molecule has 0 rings (SSSR count). The van der Waals surface area contributed by atoms with Crippen LogP contribution in [-0.2, 0) is 84.0 Å². The first-order chi connectivity index (χ1) is 48.9. The first-order valence-corrected chi connectivity index (χ1v) is 36.9. The Kier molecular flexibility index (Phi) is 47.0. The Morgan fingerprint density at radius 1 is 0.387 bits per heavy atom. The number of methoxy groups -OCH3 is 1. The van der Waals surface area contributed by atoms with Gasteiger partial charge in [0.05, 0.1) is 59.5 Å². The number of carbonyl (C=O) groups is 6. The smallest absolute Gasteiger partial charge is 0.382 e. The highest BCUT2D eigenvalue weighted by Crippen LogP contribution is 2.49. The molecule has 50 heteroatoms. The van der Waals surface area contributed by atoms with Gasteiger partial charge in [-0.15, -0.1) is 9.42 Å². The van der Waals surface area contributed by atoms with Crippen LogP contribution in [0.15, 0.2) is 0 Å². The second-order valence-corrected chi connectivity index (χ2v) is 28.0. The molecule has 624 valence electrons. The highest BCUT2D eigenvalue weighted by atomic mass is 31.2. The van der Waals surface area contributed by atoms with Crippen LogP contribution in [0, 0.1) is 16.2 Å². The molecule has 0 aromatic rings. The van der Waals surface area contributed by atoms with Crippen molar-refractivity contribution in [3.05, 3.63) is 0 Å². The predicted molar refractivity (Wildman–Crippen MR) is 334 cm³/mol. The van der Waals surface area contributed by atoms with Gasteiger partial charge in [0, 0.05) is 50.9 Å². The summed E-state index contributed by atoms with van der Waals surface area (Å²) in [6.07, 6.45) is -39.1. The summed E-state index contributed by atoms with van der Waals surface area (Å²) >= 11 is 0. The van der Waals surface area contributed by atoms with Gasteiger partial charge < -0.3 is 72.1 Å². The van der Waals surface area contributed by atoms with Crippen LogP contribution in [0.3, 0.4) is 0 Å². The fraction of sp³-hybridized carbons (Fsp3) is 0.893. The van der Waals surface area contributed by atoms with Gasteiger partial charge in [-0.2, -0.15) is 79.0 Å². The second-order valence-electron chi connectivity index (χ2n) is 24.5. The number of hydrogen-bond acceptors (Lipinski definition) is 20. The maximum absolute atomic E-state index is 13.9. The molecular weight excluding hydrogens is 1560 g/mol. The first-order valence-electron chi connectivity index (χ1n) is 32.7. The molecule has 0 aliphatic heterocycles. The monoisotopic (exact) mass is 1650 g/mol. The molecule has 0 heterocycles. The second kappa shape index (κ2) is 49.0. The van der Waals surface area contributed by atoms with Gasteiger partial charge in [0.15, 0.2) is 6.10 Å². The maximum Gasteiger partial charge on any atom is 0.695 e. The number of hydrogen-bond donors (Lipinski definition) is 11. The Bertz CT molecular complexity index is 2590. The number of ether oxygens (including phenoxy) is 4. The van der Waals surface area contributed by atoms with Crippen molar-refractivity contribution < 1.29 is 178 Å². The minimum absolute atomic E-state index is 0.0230. The average molecular weight is 1650 g/mol. The molecule has 13 N–H and O–H groups in total. The number of phosphoric acid groups is 2. The summed E-state index contributed by atoms with van der Waals surface area (Å²) in [5.41, 5.74) is 7.66. The van der Waals surface area contributed by atoms with E-state index in [-0.39, 0.29) is 71.1 Å². The zero-order chi connectivity index (χ0) is 81.3. The zero-order valence-corrected chi connectivity index (χ0v) is 60.4. The molecular formula is C56H94F18N8O21P3+. The molecule has 29 nitrogen and oxygen atoms in total. The molecule has 0 aromatic heterocycles. The summed E-state index contributed by atoms with van der Waals surface area (Å²) in [4.78, 5) is 102. The van der Waals surface area contributed by atoms with Gasteiger partial charge in [0.25, 0.3) is 0 Å². The summed E-state index contributed by atoms with van der Waals surface area (Å²) in [7, 11) is -14.1. The Morgan fingerprint density at radius 2 is 0.613 bits per heavy atom. The highest BCUT2D eigenvalue weighted by molar-refractivity contribution is 7.47. The summed E-state index contributed by atoms with van der Waals surface area (Å²) in [6, 6.07) is 0. The minimum Gasteiger partial charge on any atom is -0.382 e. The zero-order valence-electron chi connectivity index (χ0n) is 57.7. The number of halogens is 18. The average Bonchev–Trinajstić information content (AvgIpc) is 0.859. The summed E-state index contributed by atoms with van der Waals surface area (Å²) in [5.74, 6) is -14.2. The number of carbonyl (C=O) groups excluding carboxylic acids is 6. The van der Waals surface area contributed by atoms with E-state index in [1.807, 2.05) is 6.92 Å². The third-order valence-corrected chi connectivity index (χ3v) is 18.1. The van der Waals surface area contributed by atoms with Crippen molar-refractivity contribution in [2.75, 3.05) is 119 Å². The first kappa shape index (κ1) is 102. The van der Waals surface area contributed by atoms with Crippen LogP contribution >= 0.6 is 23.9 Å². The molecule has 0 fully saturated rings. The molecule has 0 aliphatic rings. The van der Waals surface area contributed by atoms with Crippen molar-refractivity contribution in [1.29, 1.82) is 0 Å². The fourth-order valence-corrected chi connectivity index (χ4v) is 12.7. The normalized spacial score (nSPS) is 15.7. The number of rotatable bonds is 59. The number of phosphoric ester groups is 2. The van der Waals surface area contributed by atoms with Crippen LogP contribution < -0.4 is 43.4 Å². The molecule has 0 spiro atoms. The SMILES string of the molecule is CCCCC(CCCN)(CCCNC(=O)C(F)(F)F)COCC(COP(=O)(O)OC(COCC(CCCNC(=O)C(F)(F)F)(CCCNC(=O)C(F)(F)F)CCCNC(=O)C(F)(F)F)COP(=O)(O)OC(COC)COCC(CCCN)(CCCNC(=O)C(F)(F)F)CCCNC(=O)C(F)(F)F)O[P+](=O)O. The van der Waals surface area contributed by atoms with Gasteiger partial charge in [0.2, 0.25) is 0 Å². The van der Waals surface area contributed by atoms with E-state index >= 15 is 0 Å². The van der Waals surface area contributed by atoms with E-state index in [0.29, 0.717) is 32.1 Å². The lowest BCUT2D eigenvalue weighted by molar-refractivity contribution is -0.173. The Hall–Kier alpha value is -4.44. The molecule has 0 saturated carbocycles. The van der Waals surface area contributed by atoms with Crippen LogP contribution in [0.25, 0.3) is 0 Å². The van der Waals surface area contributed by atoms with Crippen LogP contribution in [0.4, 0.5) is 79.0 Å². The van der Waals surface area contributed by atoms with Crippen LogP contribution in [0.5, 0.6) is 0 Å². The molecule has 106 heavy (non-hydrogen) atoms. The number of nitrogens with two attached hydrogens (primary N) is 2. The van der Waals surface area contributed by atoms with Crippen molar-refractivity contribution in [3.63, 3.8) is 0 Å². The quantitative estimate of drug-likeness (QED) is 0.0155. The summed E-state index contributed by atoms with van der Waals surface area (Å²) < 4.78 is 323. The van der Waals surface area contributed by atoms with E-state index in [4.69, 9.17) is 53.0 Å². The lowest BCUT2D eigenvalue weighted by Gasteiger charge is -2.35. The van der Waals surface area contributed by atoms with Gasteiger partial charge in [0.1, 0.15) is 12.2 Å². The van der Waals surface area contributed by atoms with Crippen molar-refractivity contribution in [2.45, 2.75) is 184 Å². The number of nitrogens with one attached hydrogen (secondary N) is 6. The maximum atomic E-state index is 13.9. The van der Waals surface area contributed by atoms with Gasteiger partial charge in [-0.25, -0.2) is 9.13 Å². The third kappa shape index (κ3) is 46.3. The lowest BCUT2D eigenvalue weighted by Crippen LogP contribution is -2.40.